The Hall–Kier alpha value is -4.00. The van der Waals surface area contributed by atoms with Crippen molar-refractivity contribution in [3.05, 3.63) is 41.6 Å². The van der Waals surface area contributed by atoms with Gasteiger partial charge in [-0.25, -0.2) is 9.97 Å². The standard InChI is InChI=1S/C35H45N7O5/c1-21-25-10-9-22-16-27(42(31(22)38-25)13-8-6-5-7-12-35(19-47-20-35)34(44)37-21)32-39-26-15-23(17-29(46-4)30(26)40(32)2)33(43)41-14-11-28(45-3)24(36)18-41/h9-10,15-17,21,24,28H,5-8,11-14,18-20,36H2,1-4H3,(H,37,44)/t21-,24+,28-/m1/s1. The highest BCUT2D eigenvalue weighted by Crippen LogP contribution is 2.37. The highest BCUT2D eigenvalue weighted by atomic mass is 16.5. The predicted octanol–water partition coefficient (Wildman–Crippen LogP) is 3.94. The van der Waals surface area contributed by atoms with E-state index in [-0.39, 0.29) is 30.0 Å². The lowest BCUT2D eigenvalue weighted by Gasteiger charge is -2.40. The summed E-state index contributed by atoms with van der Waals surface area (Å²) in [6.45, 7) is 4.76. The molecule has 47 heavy (non-hydrogen) atoms. The van der Waals surface area contributed by atoms with Crippen LogP contribution in [0.25, 0.3) is 33.6 Å². The van der Waals surface area contributed by atoms with Crippen LogP contribution in [0, 0.1) is 5.41 Å². The lowest BCUT2D eigenvalue weighted by atomic mass is 9.79. The van der Waals surface area contributed by atoms with Gasteiger partial charge in [-0.1, -0.05) is 19.3 Å². The number of aryl methyl sites for hydroxylation is 2. The van der Waals surface area contributed by atoms with E-state index in [4.69, 9.17) is 29.9 Å². The lowest BCUT2D eigenvalue weighted by molar-refractivity contribution is -0.164. The Morgan fingerprint density at radius 3 is 2.62 bits per heavy atom. The topological polar surface area (TPSA) is 139 Å². The van der Waals surface area contributed by atoms with Gasteiger partial charge in [0, 0.05) is 50.8 Å². The molecule has 0 aliphatic carbocycles. The number of pyridine rings is 1. The molecule has 250 valence electrons. The van der Waals surface area contributed by atoms with Gasteiger partial charge in [0.05, 0.1) is 54.8 Å². The van der Waals surface area contributed by atoms with Crippen LogP contribution >= 0.6 is 0 Å². The first kappa shape index (κ1) is 31.6. The number of carbonyl (C=O) groups excluding carboxylic acids is 2. The van der Waals surface area contributed by atoms with E-state index in [0.717, 1.165) is 72.4 Å². The van der Waals surface area contributed by atoms with Crippen molar-refractivity contribution in [1.29, 1.82) is 0 Å². The second-order valence-electron chi connectivity index (χ2n) is 13.5. The SMILES string of the molecule is COc1cc(C(=O)N2CC[C@@H](OC)[C@@H](N)C2)cc2nc(-c3cc4ccc5nc4n3CCCCCCC3(COC3)C(=O)N[C@@H]5C)n(C)c12. The largest absolute Gasteiger partial charge is 0.494 e. The van der Waals surface area contributed by atoms with Crippen LogP contribution in [-0.2, 0) is 27.9 Å². The van der Waals surface area contributed by atoms with E-state index in [2.05, 4.69) is 22.0 Å². The summed E-state index contributed by atoms with van der Waals surface area (Å²) >= 11 is 0. The number of fused-ring (bicyclic) bond motifs is 2. The number of nitrogens with two attached hydrogens (primary N) is 1. The maximum Gasteiger partial charge on any atom is 0.254 e. The summed E-state index contributed by atoms with van der Waals surface area (Å²) < 4.78 is 21.1. The molecule has 12 heteroatoms. The van der Waals surface area contributed by atoms with Gasteiger partial charge in [0.2, 0.25) is 5.91 Å². The van der Waals surface area contributed by atoms with E-state index in [1.54, 1.807) is 25.2 Å². The molecule has 2 saturated heterocycles. The minimum absolute atomic E-state index is 0.0555. The second-order valence-corrected chi connectivity index (χ2v) is 13.5. The van der Waals surface area contributed by atoms with Gasteiger partial charge in [0.15, 0.2) is 5.82 Å². The van der Waals surface area contributed by atoms with Crippen molar-refractivity contribution < 1.29 is 23.8 Å². The molecule has 2 fully saturated rings. The van der Waals surface area contributed by atoms with Gasteiger partial charge in [0.25, 0.3) is 5.91 Å². The Bertz CT molecular complexity index is 1830. The Morgan fingerprint density at radius 1 is 1.09 bits per heavy atom. The van der Waals surface area contributed by atoms with Gasteiger partial charge >= 0.3 is 0 Å². The van der Waals surface area contributed by atoms with Crippen LogP contribution in [-0.4, -0.2) is 88.5 Å². The fraction of sp³-hybridized carbons (Fsp3) is 0.543. The van der Waals surface area contributed by atoms with E-state index in [1.165, 1.54) is 0 Å². The van der Waals surface area contributed by atoms with E-state index < -0.39 is 5.41 Å². The second kappa shape index (κ2) is 12.6. The summed E-state index contributed by atoms with van der Waals surface area (Å²) in [5.41, 5.74) is 10.5. The minimum atomic E-state index is -0.421. The van der Waals surface area contributed by atoms with Crippen molar-refractivity contribution in [2.24, 2.45) is 18.2 Å². The molecular weight excluding hydrogens is 598 g/mol. The molecule has 0 unspecified atom stereocenters. The monoisotopic (exact) mass is 643 g/mol. The molecule has 0 saturated carbocycles. The number of ether oxygens (including phenoxy) is 3. The zero-order chi connectivity index (χ0) is 32.9. The van der Waals surface area contributed by atoms with Gasteiger partial charge in [-0.2, -0.15) is 0 Å². The summed E-state index contributed by atoms with van der Waals surface area (Å²) in [4.78, 5) is 39.0. The maximum absolute atomic E-state index is 13.7. The lowest BCUT2D eigenvalue weighted by Crippen LogP contribution is -2.54. The number of nitrogens with zero attached hydrogens (tertiary/aromatic N) is 5. The molecule has 2 amide bonds. The Balaban J connectivity index is 1.27. The quantitative estimate of drug-likeness (QED) is 0.341. The van der Waals surface area contributed by atoms with Crippen molar-refractivity contribution in [1.82, 2.24) is 29.3 Å². The molecule has 4 aromatic rings. The van der Waals surface area contributed by atoms with E-state index in [1.807, 2.05) is 30.7 Å². The Kier molecular flexibility index (Phi) is 8.44. The number of imidazole rings is 1. The number of carbonyl (C=O) groups is 2. The Labute approximate surface area is 274 Å². The number of nitrogens with one attached hydrogen (secondary N) is 1. The number of likely N-dealkylation sites (tertiary alicyclic amines) is 1. The zero-order valence-corrected chi connectivity index (χ0v) is 27.8. The molecule has 3 aliphatic rings. The normalized spacial score (nSPS) is 23.6. The van der Waals surface area contributed by atoms with Crippen LogP contribution < -0.4 is 15.8 Å². The molecular formula is C35H45N7O5. The van der Waals surface area contributed by atoms with Crippen molar-refractivity contribution in [2.45, 2.75) is 70.2 Å². The van der Waals surface area contributed by atoms with Crippen LogP contribution in [0.5, 0.6) is 5.75 Å². The molecule has 3 aliphatic heterocycles. The number of benzene rings is 1. The summed E-state index contributed by atoms with van der Waals surface area (Å²) in [6, 6.07) is 9.37. The number of piperidine rings is 1. The molecule has 3 aromatic heterocycles. The van der Waals surface area contributed by atoms with Gasteiger partial charge in [-0.3, -0.25) is 9.59 Å². The number of rotatable bonds is 4. The molecule has 3 atom stereocenters. The molecule has 1 spiro atoms. The molecule has 12 nitrogen and oxygen atoms in total. The molecule has 1 aromatic carbocycles. The highest BCUT2D eigenvalue weighted by molar-refractivity contribution is 6.00. The average Bonchev–Trinajstić information content (AvgIpc) is 3.58. The third kappa shape index (κ3) is 5.55. The number of methoxy groups -OCH3 is 2. The van der Waals surface area contributed by atoms with E-state index in [0.29, 0.717) is 49.6 Å². The first-order chi connectivity index (χ1) is 22.7. The van der Waals surface area contributed by atoms with Crippen LogP contribution in [0.1, 0.15) is 67.5 Å². The van der Waals surface area contributed by atoms with Crippen molar-refractivity contribution in [3.63, 3.8) is 0 Å². The number of aromatic nitrogens is 4. The summed E-state index contributed by atoms with van der Waals surface area (Å²) in [6.07, 6.45) is 5.53. The van der Waals surface area contributed by atoms with Crippen molar-refractivity contribution >= 4 is 33.9 Å². The van der Waals surface area contributed by atoms with Crippen molar-refractivity contribution in [3.8, 4) is 17.3 Å². The van der Waals surface area contributed by atoms with Gasteiger partial charge < -0.3 is 39.3 Å². The Morgan fingerprint density at radius 2 is 1.89 bits per heavy atom. The number of hydrogen-bond donors (Lipinski definition) is 2. The zero-order valence-electron chi connectivity index (χ0n) is 27.8. The number of amides is 2. The van der Waals surface area contributed by atoms with Crippen LogP contribution in [0.15, 0.2) is 30.3 Å². The summed E-state index contributed by atoms with van der Waals surface area (Å²) in [5, 5.41) is 4.23. The van der Waals surface area contributed by atoms with Crippen LogP contribution in [0.3, 0.4) is 0 Å². The predicted molar refractivity (Wildman–Crippen MR) is 178 cm³/mol. The minimum Gasteiger partial charge on any atom is -0.494 e. The molecule has 7 rings (SSSR count). The molecule has 2 bridgehead atoms. The molecule has 3 N–H and O–H groups in total. The fourth-order valence-electron chi connectivity index (χ4n) is 7.48. The first-order valence-electron chi connectivity index (χ1n) is 16.7. The first-order valence-corrected chi connectivity index (χ1v) is 16.7. The van der Waals surface area contributed by atoms with Crippen molar-refractivity contribution in [2.75, 3.05) is 40.5 Å². The fourth-order valence-corrected chi connectivity index (χ4v) is 7.48. The molecule has 0 radical (unpaired) electrons. The van der Waals surface area contributed by atoms with Gasteiger partial charge in [-0.05, 0) is 56.5 Å². The summed E-state index contributed by atoms with van der Waals surface area (Å²) in [7, 11) is 5.26. The molecule has 6 heterocycles. The van der Waals surface area contributed by atoms with E-state index >= 15 is 0 Å². The van der Waals surface area contributed by atoms with Crippen LogP contribution in [0.2, 0.25) is 0 Å². The van der Waals surface area contributed by atoms with Crippen LogP contribution in [0.4, 0.5) is 0 Å². The van der Waals surface area contributed by atoms with Gasteiger partial charge in [0.1, 0.15) is 16.9 Å². The highest BCUT2D eigenvalue weighted by Gasteiger charge is 2.45. The smallest absolute Gasteiger partial charge is 0.254 e. The van der Waals surface area contributed by atoms with Gasteiger partial charge in [-0.15, -0.1) is 0 Å². The maximum atomic E-state index is 13.7. The summed E-state index contributed by atoms with van der Waals surface area (Å²) in [5.74, 6) is 1.30. The third-order valence-electron chi connectivity index (χ3n) is 10.4. The third-order valence-corrected chi connectivity index (χ3v) is 10.4. The number of hydrogen-bond acceptors (Lipinski definition) is 8. The van der Waals surface area contributed by atoms with E-state index in [9.17, 15) is 9.59 Å². The average molecular weight is 644 g/mol.